The van der Waals surface area contributed by atoms with Gasteiger partial charge in [0, 0.05) is 18.8 Å². The molecule has 0 bridgehead atoms. The van der Waals surface area contributed by atoms with Crippen LogP contribution in [0.1, 0.15) is 12.0 Å². The van der Waals surface area contributed by atoms with E-state index in [0.717, 1.165) is 5.56 Å². The van der Waals surface area contributed by atoms with E-state index in [2.05, 4.69) is 4.98 Å². The van der Waals surface area contributed by atoms with Crippen LogP contribution < -0.4 is 0 Å². The first kappa shape index (κ1) is 8.59. The molecule has 0 radical (unpaired) electrons. The van der Waals surface area contributed by atoms with Crippen molar-refractivity contribution in [2.75, 3.05) is 0 Å². The minimum atomic E-state index is -0.0591. The fourth-order valence-corrected chi connectivity index (χ4v) is 0.893. The lowest BCUT2D eigenvalue weighted by Crippen LogP contribution is -2.02. The smallest absolute Gasteiger partial charge is 0.144 e. The van der Waals surface area contributed by atoms with Crippen molar-refractivity contribution in [1.82, 2.24) is 4.98 Å². The summed E-state index contributed by atoms with van der Waals surface area (Å²) in [5.74, 6) is -0.0591. The number of Topliss-reactive ketones (excluding diaryl/α,β-unsaturated/α-hetero) is 1. The van der Waals surface area contributed by atoms with Gasteiger partial charge in [-0.3, -0.25) is 9.78 Å². The second-order valence-corrected chi connectivity index (χ2v) is 2.44. The van der Waals surface area contributed by atoms with Crippen LogP contribution >= 0.6 is 0 Å². The lowest BCUT2D eigenvalue weighted by molar-refractivity contribution is -0.121. The molecule has 0 aliphatic rings. The number of carbonyl (C=O) groups is 2. The Morgan fingerprint density at radius 2 is 2.08 bits per heavy atom. The van der Waals surface area contributed by atoms with Crippen LogP contribution in [0.25, 0.3) is 0 Å². The monoisotopic (exact) mass is 163 g/mol. The molecular weight excluding hydrogens is 154 g/mol. The number of hydrogen-bond donors (Lipinski definition) is 0. The second kappa shape index (κ2) is 4.38. The summed E-state index contributed by atoms with van der Waals surface area (Å²) in [6.07, 6.45) is 4.21. The summed E-state index contributed by atoms with van der Waals surface area (Å²) in [5, 5.41) is 0. The minimum Gasteiger partial charge on any atom is -0.303 e. The Balaban J connectivity index is 2.52. The van der Waals surface area contributed by atoms with Gasteiger partial charge in [-0.1, -0.05) is 0 Å². The molecule has 0 aliphatic carbocycles. The number of nitrogens with zero attached hydrogens (tertiary/aromatic N) is 1. The van der Waals surface area contributed by atoms with Crippen LogP contribution in [0.2, 0.25) is 0 Å². The normalized spacial score (nSPS) is 9.33. The summed E-state index contributed by atoms with van der Waals surface area (Å²) in [7, 11) is 0. The van der Waals surface area contributed by atoms with Gasteiger partial charge in [-0.2, -0.15) is 0 Å². The molecule has 1 aromatic heterocycles. The van der Waals surface area contributed by atoms with Crippen molar-refractivity contribution in [2.45, 2.75) is 12.8 Å². The Kier molecular flexibility index (Phi) is 3.14. The van der Waals surface area contributed by atoms with Crippen molar-refractivity contribution in [3.63, 3.8) is 0 Å². The van der Waals surface area contributed by atoms with E-state index in [0.29, 0.717) is 12.7 Å². The molecule has 1 heterocycles. The van der Waals surface area contributed by atoms with Gasteiger partial charge in [0.2, 0.25) is 0 Å². The topological polar surface area (TPSA) is 47.0 Å². The number of ketones is 1. The van der Waals surface area contributed by atoms with Gasteiger partial charge in [-0.15, -0.1) is 0 Å². The quantitative estimate of drug-likeness (QED) is 0.486. The average molecular weight is 163 g/mol. The third kappa shape index (κ3) is 2.62. The van der Waals surface area contributed by atoms with E-state index in [1.54, 1.807) is 24.5 Å². The van der Waals surface area contributed by atoms with Gasteiger partial charge in [0.05, 0.1) is 6.42 Å². The molecule has 0 atom stereocenters. The number of carbonyl (C=O) groups excluding carboxylic acids is 2. The van der Waals surface area contributed by atoms with Crippen molar-refractivity contribution in [3.8, 4) is 0 Å². The van der Waals surface area contributed by atoms with Crippen LogP contribution in [-0.4, -0.2) is 17.1 Å². The predicted molar refractivity (Wildman–Crippen MR) is 43.6 cm³/mol. The molecule has 0 saturated carbocycles. The molecule has 62 valence electrons. The summed E-state index contributed by atoms with van der Waals surface area (Å²) in [6, 6.07) is 3.53. The van der Waals surface area contributed by atoms with Gasteiger partial charge >= 0.3 is 0 Å². The lowest BCUT2D eigenvalue weighted by Gasteiger charge is -1.95. The summed E-state index contributed by atoms with van der Waals surface area (Å²) < 4.78 is 0. The van der Waals surface area contributed by atoms with E-state index < -0.39 is 0 Å². The zero-order valence-corrected chi connectivity index (χ0v) is 6.56. The number of rotatable bonds is 4. The van der Waals surface area contributed by atoms with E-state index in [1.165, 1.54) is 0 Å². The van der Waals surface area contributed by atoms with Crippen LogP contribution in [0.3, 0.4) is 0 Å². The van der Waals surface area contributed by atoms with Gasteiger partial charge in [0.1, 0.15) is 12.1 Å². The summed E-state index contributed by atoms with van der Waals surface area (Å²) in [5.41, 5.74) is 0.900. The molecule has 0 unspecified atom stereocenters. The van der Waals surface area contributed by atoms with Crippen LogP contribution in [0, 0.1) is 0 Å². The first-order chi connectivity index (χ1) is 5.83. The third-order valence-corrected chi connectivity index (χ3v) is 1.46. The van der Waals surface area contributed by atoms with Gasteiger partial charge in [0.15, 0.2) is 0 Å². The molecule has 12 heavy (non-hydrogen) atoms. The van der Waals surface area contributed by atoms with Crippen LogP contribution in [-0.2, 0) is 16.0 Å². The van der Waals surface area contributed by atoms with Gasteiger partial charge in [0.25, 0.3) is 0 Å². The molecule has 0 saturated heterocycles. The highest BCUT2D eigenvalue weighted by Gasteiger charge is 2.01. The maximum Gasteiger partial charge on any atom is 0.144 e. The Labute approximate surface area is 70.4 Å². The number of aldehydes is 1. The summed E-state index contributed by atoms with van der Waals surface area (Å²) in [4.78, 5) is 24.8. The van der Waals surface area contributed by atoms with Crippen molar-refractivity contribution in [1.29, 1.82) is 0 Å². The Bertz CT molecular complexity index is 269. The van der Waals surface area contributed by atoms with E-state index in [4.69, 9.17) is 0 Å². The average Bonchev–Trinajstić information content (AvgIpc) is 2.06. The van der Waals surface area contributed by atoms with Crippen molar-refractivity contribution >= 4 is 12.1 Å². The van der Waals surface area contributed by atoms with E-state index >= 15 is 0 Å². The fraction of sp³-hybridized carbons (Fsp3) is 0.222. The second-order valence-electron chi connectivity index (χ2n) is 2.44. The maximum atomic E-state index is 11.0. The first-order valence-corrected chi connectivity index (χ1v) is 3.67. The maximum absolute atomic E-state index is 11.0. The van der Waals surface area contributed by atoms with Crippen molar-refractivity contribution < 1.29 is 9.59 Å². The Hall–Kier alpha value is -1.51. The molecule has 0 aliphatic heterocycles. The van der Waals surface area contributed by atoms with Crippen molar-refractivity contribution in [2.24, 2.45) is 0 Å². The SMILES string of the molecule is O=CCC(=O)Cc1ccncc1. The molecule has 0 fully saturated rings. The molecule has 0 amide bonds. The van der Waals surface area contributed by atoms with Gasteiger partial charge in [-0.05, 0) is 17.7 Å². The molecule has 1 aromatic rings. The zero-order chi connectivity index (χ0) is 8.81. The summed E-state index contributed by atoms with van der Waals surface area (Å²) in [6.45, 7) is 0. The van der Waals surface area contributed by atoms with E-state index in [9.17, 15) is 9.59 Å². The molecule has 0 aromatic carbocycles. The van der Waals surface area contributed by atoms with E-state index in [-0.39, 0.29) is 12.2 Å². The Morgan fingerprint density at radius 3 is 2.67 bits per heavy atom. The molecule has 0 spiro atoms. The minimum absolute atomic E-state index is 0.00230. The highest BCUT2D eigenvalue weighted by molar-refractivity contribution is 5.91. The van der Waals surface area contributed by atoms with Crippen LogP contribution in [0.4, 0.5) is 0 Å². The molecular formula is C9H9NO2. The van der Waals surface area contributed by atoms with Crippen LogP contribution in [0.5, 0.6) is 0 Å². The lowest BCUT2D eigenvalue weighted by atomic mass is 10.1. The van der Waals surface area contributed by atoms with Gasteiger partial charge < -0.3 is 4.79 Å². The Morgan fingerprint density at radius 1 is 1.42 bits per heavy atom. The molecule has 3 heteroatoms. The highest BCUT2D eigenvalue weighted by atomic mass is 16.1. The fourth-order valence-electron chi connectivity index (χ4n) is 0.893. The summed E-state index contributed by atoms with van der Waals surface area (Å²) >= 11 is 0. The van der Waals surface area contributed by atoms with Crippen molar-refractivity contribution in [3.05, 3.63) is 30.1 Å². The van der Waals surface area contributed by atoms with Gasteiger partial charge in [-0.25, -0.2) is 0 Å². The largest absolute Gasteiger partial charge is 0.303 e. The zero-order valence-electron chi connectivity index (χ0n) is 6.56. The molecule has 0 N–H and O–H groups in total. The van der Waals surface area contributed by atoms with Crippen LogP contribution in [0.15, 0.2) is 24.5 Å². The predicted octanol–water partition coefficient (Wildman–Crippen LogP) is 0.782. The first-order valence-electron chi connectivity index (χ1n) is 3.67. The molecule has 3 nitrogen and oxygen atoms in total. The number of aromatic nitrogens is 1. The third-order valence-electron chi connectivity index (χ3n) is 1.46. The highest BCUT2D eigenvalue weighted by Crippen LogP contribution is 1.98. The number of hydrogen-bond acceptors (Lipinski definition) is 3. The number of pyridine rings is 1. The standard InChI is InChI=1S/C9H9NO2/c11-6-3-9(12)7-8-1-4-10-5-2-8/h1-2,4-6H,3,7H2. The van der Waals surface area contributed by atoms with E-state index in [1.807, 2.05) is 0 Å². The molecule has 1 rings (SSSR count).